The largest absolute Gasteiger partial charge is 0.368 e. The summed E-state index contributed by atoms with van der Waals surface area (Å²) in [4.78, 5) is 9.18. The van der Waals surface area contributed by atoms with Crippen LogP contribution < -0.4 is 16.1 Å². The van der Waals surface area contributed by atoms with Crippen molar-refractivity contribution in [1.29, 1.82) is 0 Å². The van der Waals surface area contributed by atoms with Crippen LogP contribution in [0.1, 0.15) is 6.92 Å². The maximum Gasteiger partial charge on any atom is 0.266 e. The molecule has 1 saturated heterocycles. The van der Waals surface area contributed by atoms with Gasteiger partial charge in [-0.05, 0) is 30.5 Å². The van der Waals surface area contributed by atoms with E-state index >= 15 is 0 Å². The van der Waals surface area contributed by atoms with Crippen molar-refractivity contribution in [3.63, 3.8) is 0 Å². The van der Waals surface area contributed by atoms with Crippen LogP contribution in [0.5, 0.6) is 0 Å². The SMILES string of the molecule is CC1CNCCN1N(c1ccccc1)c1nc(N)n(-c2nccc3ccccc23)n1. The zero-order valence-electron chi connectivity index (χ0n) is 16.8. The third kappa shape index (κ3) is 3.26. The van der Waals surface area contributed by atoms with Crippen molar-refractivity contribution < 1.29 is 0 Å². The fraction of sp³-hybridized carbons (Fsp3) is 0.227. The Morgan fingerprint density at radius 2 is 1.87 bits per heavy atom. The van der Waals surface area contributed by atoms with Gasteiger partial charge >= 0.3 is 0 Å². The van der Waals surface area contributed by atoms with Crippen molar-refractivity contribution in [2.75, 3.05) is 30.4 Å². The fourth-order valence-corrected chi connectivity index (χ4v) is 3.91. The molecular weight excluding hydrogens is 376 g/mol. The molecule has 5 rings (SSSR count). The molecule has 3 N–H and O–H groups in total. The molecule has 1 atom stereocenters. The van der Waals surface area contributed by atoms with Gasteiger partial charge in [-0.3, -0.25) is 0 Å². The third-order valence-electron chi connectivity index (χ3n) is 5.39. The molecule has 0 saturated carbocycles. The average molecular weight is 400 g/mol. The molecule has 8 heteroatoms. The molecule has 1 aliphatic rings. The highest BCUT2D eigenvalue weighted by Gasteiger charge is 2.29. The zero-order valence-corrected chi connectivity index (χ0v) is 16.8. The van der Waals surface area contributed by atoms with Crippen LogP contribution in [-0.2, 0) is 0 Å². The van der Waals surface area contributed by atoms with E-state index in [1.54, 1.807) is 10.9 Å². The lowest BCUT2D eigenvalue weighted by atomic mass is 10.1. The summed E-state index contributed by atoms with van der Waals surface area (Å²) in [6.45, 7) is 4.82. The predicted molar refractivity (Wildman–Crippen MR) is 119 cm³/mol. The minimum Gasteiger partial charge on any atom is -0.368 e. The molecule has 30 heavy (non-hydrogen) atoms. The fourth-order valence-electron chi connectivity index (χ4n) is 3.91. The normalized spacial score (nSPS) is 17.3. The topological polar surface area (TPSA) is 88.1 Å². The minimum absolute atomic E-state index is 0.280. The van der Waals surface area contributed by atoms with Gasteiger partial charge in [-0.25, -0.2) is 15.0 Å². The Morgan fingerprint density at radius 1 is 1.07 bits per heavy atom. The number of aromatic nitrogens is 4. The van der Waals surface area contributed by atoms with Crippen LogP contribution in [0.15, 0.2) is 66.9 Å². The van der Waals surface area contributed by atoms with E-state index in [1.165, 1.54) is 0 Å². The molecule has 2 aromatic carbocycles. The summed E-state index contributed by atoms with van der Waals surface area (Å²) in [5.41, 5.74) is 7.33. The van der Waals surface area contributed by atoms with Crippen molar-refractivity contribution in [1.82, 2.24) is 30.1 Å². The summed E-state index contributed by atoms with van der Waals surface area (Å²) in [7, 11) is 0. The van der Waals surface area contributed by atoms with Gasteiger partial charge in [0.2, 0.25) is 5.95 Å². The van der Waals surface area contributed by atoms with Crippen LogP contribution in [0.3, 0.4) is 0 Å². The van der Waals surface area contributed by atoms with Gasteiger partial charge in [0.15, 0.2) is 5.82 Å². The van der Waals surface area contributed by atoms with E-state index in [4.69, 9.17) is 10.8 Å². The second-order valence-corrected chi connectivity index (χ2v) is 7.40. The van der Waals surface area contributed by atoms with Crippen molar-refractivity contribution in [3.05, 3.63) is 66.9 Å². The van der Waals surface area contributed by atoms with Crippen LogP contribution in [0, 0.1) is 0 Å². The third-order valence-corrected chi connectivity index (χ3v) is 5.39. The number of nitrogen functional groups attached to an aromatic ring is 1. The number of hydrogen-bond acceptors (Lipinski definition) is 7. The van der Waals surface area contributed by atoms with Gasteiger partial charge in [0.1, 0.15) is 0 Å². The first-order valence-electron chi connectivity index (χ1n) is 10.1. The Hall–Kier alpha value is -3.49. The molecule has 0 amide bonds. The standard InChI is InChI=1S/C22H24N8/c1-16-15-24-13-14-28(16)30(18-8-3-2-4-9-18)22-26-21(23)29(27-22)20-19-10-6-5-7-17(19)11-12-25-20/h2-12,16,24H,13-15H2,1H3,(H2,23,26,27). The first-order chi connectivity index (χ1) is 14.7. The number of fused-ring (bicyclic) bond motifs is 1. The Bertz CT molecular complexity index is 1150. The number of anilines is 3. The maximum atomic E-state index is 6.34. The molecule has 3 heterocycles. The predicted octanol–water partition coefficient (Wildman–Crippen LogP) is 2.74. The molecule has 0 spiro atoms. The van der Waals surface area contributed by atoms with E-state index < -0.39 is 0 Å². The molecule has 4 aromatic rings. The lowest BCUT2D eigenvalue weighted by Crippen LogP contribution is -2.56. The first-order valence-corrected chi connectivity index (χ1v) is 10.1. The smallest absolute Gasteiger partial charge is 0.266 e. The van der Waals surface area contributed by atoms with Gasteiger partial charge in [-0.1, -0.05) is 42.5 Å². The van der Waals surface area contributed by atoms with E-state index in [9.17, 15) is 0 Å². The number of hydrazine groups is 1. The van der Waals surface area contributed by atoms with E-state index in [1.807, 2.05) is 48.5 Å². The summed E-state index contributed by atoms with van der Waals surface area (Å²) >= 11 is 0. The summed E-state index contributed by atoms with van der Waals surface area (Å²) in [6.07, 6.45) is 1.77. The number of piperazine rings is 1. The number of rotatable bonds is 4. The van der Waals surface area contributed by atoms with Crippen LogP contribution in [0.25, 0.3) is 16.6 Å². The highest BCUT2D eigenvalue weighted by molar-refractivity contribution is 5.88. The number of hydrogen-bond donors (Lipinski definition) is 2. The minimum atomic E-state index is 0.280. The highest BCUT2D eigenvalue weighted by Crippen LogP contribution is 2.29. The highest BCUT2D eigenvalue weighted by atomic mass is 15.7. The van der Waals surface area contributed by atoms with Crippen LogP contribution in [-0.4, -0.2) is 50.4 Å². The molecule has 1 fully saturated rings. The molecule has 152 valence electrons. The first kappa shape index (κ1) is 18.5. The summed E-state index contributed by atoms with van der Waals surface area (Å²) < 4.78 is 1.63. The van der Waals surface area contributed by atoms with Crippen LogP contribution in [0.2, 0.25) is 0 Å². The van der Waals surface area contributed by atoms with E-state index in [2.05, 4.69) is 44.4 Å². The number of para-hydroxylation sites is 1. The monoisotopic (exact) mass is 400 g/mol. The summed E-state index contributed by atoms with van der Waals surface area (Å²) in [6, 6.07) is 20.5. The number of nitrogens with one attached hydrogen (secondary N) is 1. The molecule has 1 unspecified atom stereocenters. The summed E-state index contributed by atoms with van der Waals surface area (Å²) in [5, 5.41) is 14.6. The van der Waals surface area contributed by atoms with E-state index in [-0.39, 0.29) is 6.04 Å². The Morgan fingerprint density at radius 3 is 2.70 bits per heavy atom. The molecule has 0 radical (unpaired) electrons. The maximum absolute atomic E-state index is 6.34. The second kappa shape index (κ2) is 7.74. The van der Waals surface area contributed by atoms with Crippen molar-refractivity contribution in [2.24, 2.45) is 0 Å². The second-order valence-electron chi connectivity index (χ2n) is 7.40. The number of nitrogens with zero attached hydrogens (tertiary/aromatic N) is 6. The lowest BCUT2D eigenvalue weighted by molar-refractivity contribution is 0.173. The molecule has 2 aromatic heterocycles. The van der Waals surface area contributed by atoms with Crippen molar-refractivity contribution in [2.45, 2.75) is 13.0 Å². The Kier molecular flexibility index (Phi) is 4.78. The van der Waals surface area contributed by atoms with Gasteiger partial charge in [0, 0.05) is 37.3 Å². The van der Waals surface area contributed by atoms with Gasteiger partial charge in [0.25, 0.3) is 5.95 Å². The molecule has 0 aliphatic carbocycles. The number of pyridine rings is 1. The van der Waals surface area contributed by atoms with E-state index in [0.717, 1.165) is 36.1 Å². The average Bonchev–Trinajstić information content (AvgIpc) is 3.16. The summed E-state index contributed by atoms with van der Waals surface area (Å²) in [5.74, 6) is 1.51. The lowest BCUT2D eigenvalue weighted by Gasteiger charge is -2.41. The van der Waals surface area contributed by atoms with Crippen LogP contribution >= 0.6 is 0 Å². The molecular formula is C22H24N8. The quantitative estimate of drug-likeness (QED) is 0.544. The molecule has 8 nitrogen and oxygen atoms in total. The number of benzene rings is 2. The zero-order chi connectivity index (χ0) is 20.5. The Labute approximate surface area is 174 Å². The van der Waals surface area contributed by atoms with Gasteiger partial charge in [-0.2, -0.15) is 9.67 Å². The van der Waals surface area contributed by atoms with Gasteiger partial charge < -0.3 is 11.1 Å². The van der Waals surface area contributed by atoms with E-state index in [0.29, 0.717) is 17.7 Å². The van der Waals surface area contributed by atoms with Crippen LogP contribution in [0.4, 0.5) is 17.6 Å². The number of nitrogens with two attached hydrogens (primary N) is 1. The van der Waals surface area contributed by atoms with Crippen molar-refractivity contribution >= 4 is 28.4 Å². The Balaban J connectivity index is 1.63. The molecule has 0 bridgehead atoms. The van der Waals surface area contributed by atoms with Gasteiger partial charge in [0.05, 0.1) is 5.69 Å². The van der Waals surface area contributed by atoms with Gasteiger partial charge in [-0.15, -0.1) is 5.10 Å². The molecule has 1 aliphatic heterocycles. The van der Waals surface area contributed by atoms with Crippen molar-refractivity contribution in [3.8, 4) is 5.82 Å².